The third kappa shape index (κ3) is 4.98. The van der Waals surface area contributed by atoms with Crippen LogP contribution in [0, 0.1) is 6.92 Å². The summed E-state index contributed by atoms with van der Waals surface area (Å²) < 4.78 is 5.44. The Hall–Kier alpha value is -2.56. The van der Waals surface area contributed by atoms with Gasteiger partial charge in [-0.3, -0.25) is 4.79 Å². The van der Waals surface area contributed by atoms with Crippen molar-refractivity contribution < 1.29 is 9.53 Å². The Morgan fingerprint density at radius 2 is 1.83 bits per heavy atom. The predicted molar refractivity (Wildman–Crippen MR) is 93.1 cm³/mol. The zero-order valence-electron chi connectivity index (χ0n) is 13.9. The molecule has 1 aromatic heterocycles. The van der Waals surface area contributed by atoms with Crippen molar-refractivity contribution in [3.63, 3.8) is 0 Å². The van der Waals surface area contributed by atoms with Crippen molar-refractivity contribution in [1.29, 1.82) is 0 Å². The van der Waals surface area contributed by atoms with Crippen LogP contribution >= 0.6 is 0 Å². The van der Waals surface area contributed by atoms with Gasteiger partial charge in [0.2, 0.25) is 0 Å². The van der Waals surface area contributed by atoms with Gasteiger partial charge in [0.25, 0.3) is 5.91 Å². The van der Waals surface area contributed by atoms with Crippen molar-refractivity contribution in [1.82, 2.24) is 4.98 Å². The van der Waals surface area contributed by atoms with E-state index in [1.807, 2.05) is 37.3 Å². The Kier molecular flexibility index (Phi) is 5.97. The average Bonchev–Trinajstić information content (AvgIpc) is 2.57. The highest BCUT2D eigenvalue weighted by atomic mass is 16.5. The van der Waals surface area contributed by atoms with Crippen LogP contribution < -0.4 is 15.0 Å². The van der Waals surface area contributed by atoms with Crippen LogP contribution in [0.15, 0.2) is 42.6 Å². The third-order valence-electron chi connectivity index (χ3n) is 3.53. The molecule has 0 radical (unpaired) electrons. The molecular weight excluding hydrogens is 290 g/mol. The lowest BCUT2D eigenvalue weighted by Crippen LogP contribution is -2.23. The first-order valence-corrected chi connectivity index (χ1v) is 7.82. The lowest BCUT2D eigenvalue weighted by atomic mass is 10.2. The normalized spacial score (nSPS) is 10.2. The van der Waals surface area contributed by atoms with Crippen molar-refractivity contribution in [2.45, 2.75) is 20.8 Å². The fourth-order valence-corrected chi connectivity index (χ4v) is 2.20. The number of pyridine rings is 1. The van der Waals surface area contributed by atoms with E-state index in [0.29, 0.717) is 11.6 Å². The second kappa shape index (κ2) is 8.17. The van der Waals surface area contributed by atoms with Crippen LogP contribution in [0.5, 0.6) is 5.75 Å². The fraction of sp³-hybridized carbons (Fsp3) is 0.333. The van der Waals surface area contributed by atoms with Crippen molar-refractivity contribution in [3.05, 3.63) is 48.2 Å². The van der Waals surface area contributed by atoms with E-state index in [9.17, 15) is 4.79 Å². The van der Waals surface area contributed by atoms with Crippen LogP contribution in [-0.2, 0) is 4.79 Å². The van der Waals surface area contributed by atoms with Gasteiger partial charge < -0.3 is 15.0 Å². The molecule has 0 aliphatic rings. The van der Waals surface area contributed by atoms with E-state index in [0.717, 1.165) is 24.3 Å². The van der Waals surface area contributed by atoms with Crippen LogP contribution in [0.3, 0.4) is 0 Å². The molecule has 0 saturated carbocycles. The van der Waals surface area contributed by atoms with Crippen molar-refractivity contribution in [2.24, 2.45) is 0 Å². The van der Waals surface area contributed by atoms with Crippen LogP contribution in [-0.4, -0.2) is 30.6 Å². The summed E-state index contributed by atoms with van der Waals surface area (Å²) >= 11 is 0. The van der Waals surface area contributed by atoms with Gasteiger partial charge >= 0.3 is 0 Å². The molecule has 0 saturated heterocycles. The van der Waals surface area contributed by atoms with E-state index < -0.39 is 0 Å². The molecule has 2 aromatic rings. The van der Waals surface area contributed by atoms with E-state index in [2.05, 4.69) is 29.0 Å². The first-order valence-electron chi connectivity index (χ1n) is 7.82. The Balaban J connectivity index is 1.86. The molecule has 0 aliphatic heterocycles. The lowest BCUT2D eigenvalue weighted by Gasteiger charge is -2.20. The Labute approximate surface area is 137 Å². The summed E-state index contributed by atoms with van der Waals surface area (Å²) in [6.07, 6.45) is 1.77. The number of hydrogen-bond acceptors (Lipinski definition) is 4. The number of nitrogens with one attached hydrogen (secondary N) is 1. The minimum Gasteiger partial charge on any atom is -0.484 e. The molecule has 0 aliphatic carbocycles. The van der Waals surface area contributed by atoms with Gasteiger partial charge in [-0.05, 0) is 45.0 Å². The van der Waals surface area contributed by atoms with Gasteiger partial charge in [0.15, 0.2) is 6.61 Å². The molecule has 0 bridgehead atoms. The third-order valence-corrected chi connectivity index (χ3v) is 3.53. The number of benzene rings is 1. The van der Waals surface area contributed by atoms with Crippen molar-refractivity contribution in [3.8, 4) is 5.75 Å². The van der Waals surface area contributed by atoms with Gasteiger partial charge in [0.1, 0.15) is 11.6 Å². The number of amides is 1. The fourth-order valence-electron chi connectivity index (χ4n) is 2.20. The number of rotatable bonds is 7. The van der Waals surface area contributed by atoms with Crippen LogP contribution in [0.2, 0.25) is 0 Å². The van der Waals surface area contributed by atoms with Crippen molar-refractivity contribution >= 4 is 17.4 Å². The molecule has 5 heteroatoms. The molecule has 0 spiro atoms. The Bertz CT molecular complexity index is 620. The molecular formula is C18H23N3O2. The van der Waals surface area contributed by atoms with E-state index in [1.54, 1.807) is 12.3 Å². The summed E-state index contributed by atoms with van der Waals surface area (Å²) in [5.41, 5.74) is 2.20. The molecule has 5 nitrogen and oxygen atoms in total. The maximum atomic E-state index is 11.9. The largest absolute Gasteiger partial charge is 0.484 e. The maximum Gasteiger partial charge on any atom is 0.263 e. The lowest BCUT2D eigenvalue weighted by molar-refractivity contribution is -0.118. The van der Waals surface area contributed by atoms with Gasteiger partial charge in [-0.15, -0.1) is 0 Å². The molecule has 1 N–H and O–H groups in total. The summed E-state index contributed by atoms with van der Waals surface area (Å²) in [4.78, 5) is 18.4. The molecule has 0 fully saturated rings. The summed E-state index contributed by atoms with van der Waals surface area (Å²) in [7, 11) is 0. The van der Waals surface area contributed by atoms with Crippen molar-refractivity contribution in [2.75, 3.05) is 29.9 Å². The average molecular weight is 313 g/mol. The number of aromatic nitrogens is 1. The quantitative estimate of drug-likeness (QED) is 0.852. The highest BCUT2D eigenvalue weighted by molar-refractivity contribution is 5.91. The van der Waals surface area contributed by atoms with Gasteiger partial charge in [-0.25, -0.2) is 4.98 Å². The van der Waals surface area contributed by atoms with E-state index in [-0.39, 0.29) is 12.5 Å². The zero-order chi connectivity index (χ0) is 16.7. The first-order chi connectivity index (χ1) is 11.1. The molecule has 1 heterocycles. The van der Waals surface area contributed by atoms with Gasteiger partial charge in [0, 0.05) is 13.1 Å². The smallest absolute Gasteiger partial charge is 0.263 e. The van der Waals surface area contributed by atoms with Crippen LogP contribution in [0.25, 0.3) is 0 Å². The maximum absolute atomic E-state index is 11.9. The number of aryl methyl sites for hydroxylation is 1. The zero-order valence-corrected chi connectivity index (χ0v) is 13.9. The summed E-state index contributed by atoms with van der Waals surface area (Å²) in [5, 5.41) is 2.73. The van der Waals surface area contributed by atoms with Gasteiger partial charge in [-0.1, -0.05) is 17.7 Å². The molecule has 0 unspecified atom stereocenters. The molecule has 1 amide bonds. The monoisotopic (exact) mass is 313 g/mol. The topological polar surface area (TPSA) is 54.5 Å². The van der Waals surface area contributed by atoms with E-state index in [1.165, 1.54) is 0 Å². The second-order valence-electron chi connectivity index (χ2n) is 5.22. The number of carbonyl (C=O) groups is 1. The number of carbonyl (C=O) groups excluding carboxylic acids is 1. The van der Waals surface area contributed by atoms with Crippen LogP contribution in [0.1, 0.15) is 19.4 Å². The summed E-state index contributed by atoms with van der Waals surface area (Å²) in [5.74, 6) is 0.975. The molecule has 23 heavy (non-hydrogen) atoms. The molecule has 122 valence electrons. The number of hydrogen-bond donors (Lipinski definition) is 1. The minimum atomic E-state index is -0.228. The summed E-state index contributed by atoms with van der Waals surface area (Å²) in [6, 6.07) is 11.3. The number of ether oxygens (including phenoxy) is 1. The highest BCUT2D eigenvalue weighted by Crippen LogP contribution is 2.15. The van der Waals surface area contributed by atoms with E-state index >= 15 is 0 Å². The Morgan fingerprint density at radius 1 is 1.13 bits per heavy atom. The second-order valence-corrected chi connectivity index (χ2v) is 5.22. The minimum absolute atomic E-state index is 0.0391. The molecule has 0 atom stereocenters. The molecule has 1 aromatic carbocycles. The Morgan fingerprint density at radius 3 is 2.39 bits per heavy atom. The number of nitrogens with zero attached hydrogens (tertiary/aromatic N) is 2. The SMILES string of the molecule is CCN(CC)c1ccc(NC(=O)COc2ccc(C)cc2)nc1. The van der Waals surface area contributed by atoms with Gasteiger partial charge in [-0.2, -0.15) is 0 Å². The molecule has 2 rings (SSSR count). The summed E-state index contributed by atoms with van der Waals surface area (Å²) in [6.45, 7) is 8.01. The standard InChI is InChI=1S/C18H23N3O2/c1-4-21(5-2)15-8-11-17(19-12-15)20-18(22)13-23-16-9-6-14(3)7-10-16/h6-12H,4-5,13H2,1-3H3,(H,19,20,22). The first kappa shape index (κ1) is 16.8. The predicted octanol–water partition coefficient (Wildman–Crippen LogP) is 3.25. The highest BCUT2D eigenvalue weighted by Gasteiger charge is 2.06. The van der Waals surface area contributed by atoms with Gasteiger partial charge in [0.05, 0.1) is 11.9 Å². The van der Waals surface area contributed by atoms with E-state index in [4.69, 9.17) is 4.74 Å². The number of anilines is 2. The van der Waals surface area contributed by atoms with Crippen LogP contribution in [0.4, 0.5) is 11.5 Å².